The normalized spacial score (nSPS) is 17.8. The van der Waals surface area contributed by atoms with Gasteiger partial charge in [-0.15, -0.1) is 0 Å². The summed E-state index contributed by atoms with van der Waals surface area (Å²) in [6.45, 7) is 2.25. The fourth-order valence-corrected chi connectivity index (χ4v) is 5.37. The number of rotatable bonds is 7. The Morgan fingerprint density at radius 1 is 1.06 bits per heavy atom. The first-order chi connectivity index (χ1) is 16.9. The lowest BCUT2D eigenvalue weighted by molar-refractivity contribution is -0.150. The summed E-state index contributed by atoms with van der Waals surface area (Å²) in [6.07, 6.45) is 1.28. The predicted octanol–water partition coefficient (Wildman–Crippen LogP) is 6.80. The molecule has 5 nitrogen and oxygen atoms in total. The van der Waals surface area contributed by atoms with Gasteiger partial charge in [-0.25, -0.2) is 0 Å². The average Bonchev–Trinajstić information content (AvgIpc) is 2.86. The van der Waals surface area contributed by atoms with Gasteiger partial charge in [0.25, 0.3) is 0 Å². The van der Waals surface area contributed by atoms with Gasteiger partial charge < -0.3 is 14.4 Å². The van der Waals surface area contributed by atoms with E-state index in [1.807, 2.05) is 73.7 Å². The number of carbonyl (C=O) groups excluding carboxylic acids is 2. The molecule has 1 saturated heterocycles. The summed E-state index contributed by atoms with van der Waals surface area (Å²) in [6, 6.07) is 20.7. The maximum Gasteiger partial charge on any atom is 0.311 e. The summed E-state index contributed by atoms with van der Waals surface area (Å²) >= 11 is 7.04. The SMILES string of the molecule is COc1ccccc1C1C(C(=O)OCCc2cc(Br)ccc2Br)CCC(=O)N1c1ccc(C)cc1. The van der Waals surface area contributed by atoms with E-state index in [9.17, 15) is 9.59 Å². The molecule has 0 radical (unpaired) electrons. The number of ether oxygens (including phenoxy) is 2. The monoisotopic (exact) mass is 599 g/mol. The van der Waals surface area contributed by atoms with Crippen LogP contribution in [0.3, 0.4) is 0 Å². The van der Waals surface area contributed by atoms with Gasteiger partial charge in [0.15, 0.2) is 0 Å². The number of para-hydroxylation sites is 1. The number of esters is 1. The summed E-state index contributed by atoms with van der Waals surface area (Å²) < 4.78 is 13.4. The van der Waals surface area contributed by atoms with E-state index in [1.54, 1.807) is 12.0 Å². The van der Waals surface area contributed by atoms with Crippen molar-refractivity contribution in [2.75, 3.05) is 18.6 Å². The van der Waals surface area contributed by atoms with Gasteiger partial charge in [-0.05, 0) is 55.3 Å². The van der Waals surface area contributed by atoms with Gasteiger partial charge in [0, 0.05) is 33.0 Å². The molecule has 1 heterocycles. The molecular formula is C28H27Br2NO4. The van der Waals surface area contributed by atoms with Crippen LogP contribution in [-0.2, 0) is 20.7 Å². The topological polar surface area (TPSA) is 55.8 Å². The highest BCUT2D eigenvalue weighted by atomic mass is 79.9. The quantitative estimate of drug-likeness (QED) is 0.280. The van der Waals surface area contributed by atoms with Gasteiger partial charge in [0.1, 0.15) is 5.75 Å². The molecule has 0 aromatic heterocycles. The molecule has 182 valence electrons. The molecule has 0 bridgehead atoms. The Morgan fingerprint density at radius 3 is 2.54 bits per heavy atom. The fraction of sp³-hybridized carbons (Fsp3) is 0.286. The minimum atomic E-state index is -0.528. The standard InChI is InChI=1S/C28H27Br2NO4/c1-18-7-10-21(11-8-18)31-26(32)14-12-23(27(31)22-5-3-4-6-25(22)34-2)28(33)35-16-15-19-17-20(29)9-13-24(19)30/h3-11,13,17,23,27H,12,14-16H2,1-2H3. The number of carbonyl (C=O) groups is 2. The van der Waals surface area contributed by atoms with Crippen LogP contribution < -0.4 is 9.64 Å². The highest BCUT2D eigenvalue weighted by molar-refractivity contribution is 9.11. The third-order valence-corrected chi connectivity index (χ3v) is 7.56. The number of anilines is 1. The van der Waals surface area contributed by atoms with Crippen LogP contribution in [-0.4, -0.2) is 25.6 Å². The number of piperidine rings is 1. The maximum atomic E-state index is 13.4. The summed E-state index contributed by atoms with van der Waals surface area (Å²) in [4.78, 5) is 28.4. The van der Waals surface area contributed by atoms with Crippen molar-refractivity contribution in [2.45, 2.75) is 32.2 Å². The van der Waals surface area contributed by atoms with Crippen LogP contribution in [0.5, 0.6) is 5.75 Å². The van der Waals surface area contributed by atoms with Crippen molar-refractivity contribution in [3.8, 4) is 5.75 Å². The van der Waals surface area contributed by atoms with Gasteiger partial charge in [-0.2, -0.15) is 0 Å². The molecule has 1 aliphatic rings. The third kappa shape index (κ3) is 5.78. The zero-order chi connectivity index (χ0) is 24.9. The molecule has 3 aromatic rings. The maximum absolute atomic E-state index is 13.4. The molecule has 3 aromatic carbocycles. The number of benzene rings is 3. The number of methoxy groups -OCH3 is 1. The van der Waals surface area contributed by atoms with E-state index in [-0.39, 0.29) is 24.9 Å². The van der Waals surface area contributed by atoms with Crippen LogP contribution in [0.2, 0.25) is 0 Å². The zero-order valence-electron chi connectivity index (χ0n) is 19.7. The molecule has 4 rings (SSSR count). The van der Waals surface area contributed by atoms with Crippen LogP contribution >= 0.6 is 31.9 Å². The number of hydrogen-bond acceptors (Lipinski definition) is 4. The number of aryl methyl sites for hydroxylation is 1. The lowest BCUT2D eigenvalue weighted by Gasteiger charge is -2.40. The molecule has 0 N–H and O–H groups in total. The molecule has 2 unspecified atom stereocenters. The van der Waals surface area contributed by atoms with Crippen LogP contribution in [0.4, 0.5) is 5.69 Å². The van der Waals surface area contributed by atoms with Crippen LogP contribution in [0.15, 0.2) is 75.7 Å². The summed E-state index contributed by atoms with van der Waals surface area (Å²) in [5.41, 5.74) is 3.70. The molecule has 1 fully saturated rings. The van der Waals surface area contributed by atoms with E-state index in [0.717, 1.165) is 31.3 Å². The minimum Gasteiger partial charge on any atom is -0.496 e. The molecule has 0 saturated carbocycles. The average molecular weight is 601 g/mol. The molecule has 0 aliphatic carbocycles. The van der Waals surface area contributed by atoms with Gasteiger partial charge >= 0.3 is 5.97 Å². The molecular weight excluding hydrogens is 574 g/mol. The molecule has 35 heavy (non-hydrogen) atoms. The predicted molar refractivity (Wildman–Crippen MR) is 144 cm³/mol. The van der Waals surface area contributed by atoms with E-state index < -0.39 is 12.0 Å². The Hall–Kier alpha value is -2.64. The first kappa shape index (κ1) is 25.5. The van der Waals surface area contributed by atoms with E-state index >= 15 is 0 Å². The molecule has 1 aliphatic heterocycles. The van der Waals surface area contributed by atoms with Gasteiger partial charge in [0.05, 0.1) is 25.7 Å². The van der Waals surface area contributed by atoms with Gasteiger partial charge in [-0.1, -0.05) is 67.8 Å². The molecule has 0 spiro atoms. The lowest BCUT2D eigenvalue weighted by atomic mass is 9.83. The Balaban J connectivity index is 1.63. The highest BCUT2D eigenvalue weighted by Gasteiger charge is 2.43. The van der Waals surface area contributed by atoms with Crippen molar-refractivity contribution in [3.63, 3.8) is 0 Å². The first-order valence-electron chi connectivity index (χ1n) is 11.5. The van der Waals surface area contributed by atoms with Crippen LogP contribution in [0, 0.1) is 12.8 Å². The number of hydrogen-bond donors (Lipinski definition) is 0. The number of nitrogens with zero attached hydrogens (tertiary/aromatic N) is 1. The highest BCUT2D eigenvalue weighted by Crippen LogP contribution is 2.43. The van der Waals surface area contributed by atoms with Crippen molar-refractivity contribution < 1.29 is 19.1 Å². The Bertz CT molecular complexity index is 1210. The molecule has 7 heteroatoms. The molecule has 1 amide bonds. The van der Waals surface area contributed by atoms with E-state index in [0.29, 0.717) is 18.6 Å². The fourth-order valence-electron chi connectivity index (χ4n) is 4.52. The Kier molecular flexibility index (Phi) is 8.29. The van der Waals surface area contributed by atoms with Gasteiger partial charge in [-0.3, -0.25) is 9.59 Å². The van der Waals surface area contributed by atoms with E-state index in [2.05, 4.69) is 31.9 Å². The second-order valence-corrected chi connectivity index (χ2v) is 10.4. The van der Waals surface area contributed by atoms with Crippen molar-refractivity contribution in [2.24, 2.45) is 5.92 Å². The van der Waals surface area contributed by atoms with Crippen LogP contribution in [0.25, 0.3) is 0 Å². The lowest BCUT2D eigenvalue weighted by Crippen LogP contribution is -2.46. The zero-order valence-corrected chi connectivity index (χ0v) is 22.8. The smallest absolute Gasteiger partial charge is 0.311 e. The van der Waals surface area contributed by atoms with Crippen molar-refractivity contribution in [1.29, 1.82) is 0 Å². The van der Waals surface area contributed by atoms with Crippen molar-refractivity contribution >= 4 is 49.4 Å². The summed E-state index contributed by atoms with van der Waals surface area (Å²) in [5, 5.41) is 0. The molecule has 2 atom stereocenters. The van der Waals surface area contributed by atoms with Crippen LogP contribution in [0.1, 0.15) is 35.6 Å². The number of halogens is 2. The summed E-state index contributed by atoms with van der Waals surface area (Å²) in [5.74, 6) is -0.208. The number of amides is 1. The van der Waals surface area contributed by atoms with Crippen molar-refractivity contribution in [3.05, 3.63) is 92.4 Å². The largest absolute Gasteiger partial charge is 0.496 e. The minimum absolute atomic E-state index is 0.0214. The summed E-state index contributed by atoms with van der Waals surface area (Å²) in [7, 11) is 1.60. The second kappa shape index (κ2) is 11.4. The van der Waals surface area contributed by atoms with Gasteiger partial charge in [0.2, 0.25) is 5.91 Å². The van der Waals surface area contributed by atoms with Crippen molar-refractivity contribution in [1.82, 2.24) is 0 Å². The second-order valence-electron chi connectivity index (χ2n) is 8.58. The Morgan fingerprint density at radius 2 is 1.80 bits per heavy atom. The third-order valence-electron chi connectivity index (χ3n) is 6.29. The van der Waals surface area contributed by atoms with E-state index in [1.165, 1.54) is 0 Å². The first-order valence-corrected chi connectivity index (χ1v) is 13.1. The Labute approximate surface area is 222 Å². The van der Waals surface area contributed by atoms with E-state index in [4.69, 9.17) is 9.47 Å².